The first kappa shape index (κ1) is 17.2. The minimum absolute atomic E-state index is 0.0176. The fourth-order valence-corrected chi connectivity index (χ4v) is 6.09. The van der Waals surface area contributed by atoms with Crippen molar-refractivity contribution in [3.05, 3.63) is 29.8 Å². The molecule has 4 bridgehead atoms. The van der Waals surface area contributed by atoms with Gasteiger partial charge >= 0.3 is 6.03 Å². The zero-order valence-corrected chi connectivity index (χ0v) is 15.6. The van der Waals surface area contributed by atoms with Crippen molar-refractivity contribution >= 4 is 17.8 Å². The van der Waals surface area contributed by atoms with Crippen LogP contribution in [0.15, 0.2) is 29.2 Å². The van der Waals surface area contributed by atoms with Crippen molar-refractivity contribution < 1.29 is 9.90 Å². The topological polar surface area (TPSA) is 61.4 Å². The van der Waals surface area contributed by atoms with E-state index < -0.39 is 6.10 Å². The molecule has 136 valence electrons. The van der Waals surface area contributed by atoms with E-state index in [1.807, 2.05) is 30.5 Å². The lowest BCUT2D eigenvalue weighted by atomic mass is 9.53. The first-order valence-electron chi connectivity index (χ1n) is 9.43. The van der Waals surface area contributed by atoms with Crippen molar-refractivity contribution in [3.8, 4) is 0 Å². The number of hydrogen-bond donors (Lipinski definition) is 3. The van der Waals surface area contributed by atoms with Crippen LogP contribution in [0.25, 0.3) is 0 Å². The average Bonchev–Trinajstić information content (AvgIpc) is 2.58. The third kappa shape index (κ3) is 3.68. The van der Waals surface area contributed by atoms with Gasteiger partial charge in [0.15, 0.2) is 0 Å². The molecule has 1 aromatic rings. The molecule has 5 heteroatoms. The molecule has 0 saturated heterocycles. The van der Waals surface area contributed by atoms with Gasteiger partial charge in [0, 0.05) is 17.0 Å². The lowest BCUT2D eigenvalue weighted by molar-refractivity contribution is -0.0136. The first-order chi connectivity index (χ1) is 12.0. The molecule has 1 aromatic carbocycles. The van der Waals surface area contributed by atoms with Gasteiger partial charge in [-0.05, 0) is 80.2 Å². The molecule has 25 heavy (non-hydrogen) atoms. The minimum Gasteiger partial charge on any atom is -0.387 e. The van der Waals surface area contributed by atoms with Gasteiger partial charge in [0.05, 0.1) is 6.10 Å². The number of amides is 2. The van der Waals surface area contributed by atoms with Gasteiger partial charge in [-0.25, -0.2) is 4.79 Å². The highest BCUT2D eigenvalue weighted by Gasteiger charge is 2.51. The summed E-state index contributed by atoms with van der Waals surface area (Å²) in [6.45, 7) is 0.247. The van der Waals surface area contributed by atoms with Gasteiger partial charge in [-0.15, -0.1) is 11.8 Å². The highest BCUT2D eigenvalue weighted by Crippen LogP contribution is 2.55. The summed E-state index contributed by atoms with van der Waals surface area (Å²) >= 11 is 1.68. The fraction of sp³-hybridized carbons (Fsp3) is 0.650. The summed E-state index contributed by atoms with van der Waals surface area (Å²) in [6.07, 6.45) is 8.90. The Bertz CT molecular complexity index is 596. The normalized spacial score (nSPS) is 33.9. The van der Waals surface area contributed by atoms with Gasteiger partial charge in [-0.1, -0.05) is 12.1 Å². The Labute approximate surface area is 154 Å². The number of benzene rings is 1. The van der Waals surface area contributed by atoms with Crippen LogP contribution in [0, 0.1) is 17.8 Å². The molecule has 0 spiro atoms. The molecule has 5 rings (SSSR count). The molecule has 0 aliphatic heterocycles. The number of nitrogens with one attached hydrogen (secondary N) is 2. The predicted octanol–water partition coefficient (Wildman–Crippen LogP) is 3.71. The van der Waals surface area contributed by atoms with E-state index in [9.17, 15) is 9.90 Å². The fourth-order valence-electron chi connectivity index (χ4n) is 5.68. The van der Waals surface area contributed by atoms with E-state index in [1.54, 1.807) is 11.8 Å². The molecule has 2 amide bonds. The molecule has 4 aliphatic rings. The summed E-state index contributed by atoms with van der Waals surface area (Å²) in [5.41, 5.74) is 0.858. The maximum Gasteiger partial charge on any atom is 0.315 e. The maximum atomic E-state index is 12.4. The minimum atomic E-state index is -0.669. The van der Waals surface area contributed by atoms with Crippen LogP contribution in [0.1, 0.15) is 50.2 Å². The number of hydrogen-bond acceptors (Lipinski definition) is 3. The van der Waals surface area contributed by atoms with E-state index in [4.69, 9.17) is 0 Å². The van der Waals surface area contributed by atoms with E-state index in [0.717, 1.165) is 42.6 Å². The lowest BCUT2D eigenvalue weighted by Crippen LogP contribution is -2.61. The van der Waals surface area contributed by atoms with Crippen molar-refractivity contribution in [3.63, 3.8) is 0 Å². The van der Waals surface area contributed by atoms with Gasteiger partial charge in [0.25, 0.3) is 0 Å². The Balaban J connectivity index is 1.30. The molecular formula is C20H28N2O2S. The first-order valence-corrected chi connectivity index (χ1v) is 10.7. The van der Waals surface area contributed by atoms with Gasteiger partial charge in [0.2, 0.25) is 0 Å². The Morgan fingerprint density at radius 3 is 2.24 bits per heavy atom. The number of thioether (sulfide) groups is 1. The molecule has 0 aromatic heterocycles. The number of aliphatic hydroxyl groups excluding tert-OH is 1. The summed E-state index contributed by atoms with van der Waals surface area (Å²) < 4.78 is 0. The van der Waals surface area contributed by atoms with Crippen molar-refractivity contribution in [2.24, 2.45) is 17.8 Å². The number of carbonyl (C=O) groups is 1. The molecule has 4 fully saturated rings. The second-order valence-corrected chi connectivity index (χ2v) is 9.20. The quantitative estimate of drug-likeness (QED) is 0.702. The molecule has 0 radical (unpaired) electrons. The summed E-state index contributed by atoms with van der Waals surface area (Å²) in [5.74, 6) is 2.44. The Morgan fingerprint density at radius 1 is 1.16 bits per heavy atom. The van der Waals surface area contributed by atoms with Crippen LogP contribution in [0.4, 0.5) is 4.79 Å². The molecule has 0 heterocycles. The summed E-state index contributed by atoms with van der Waals surface area (Å²) in [5, 5.41) is 16.5. The van der Waals surface area contributed by atoms with Crippen molar-refractivity contribution in [2.75, 3.05) is 12.8 Å². The third-order valence-corrected chi connectivity index (χ3v) is 7.12. The predicted molar refractivity (Wildman–Crippen MR) is 101 cm³/mol. The van der Waals surface area contributed by atoms with Gasteiger partial charge < -0.3 is 15.7 Å². The van der Waals surface area contributed by atoms with Crippen LogP contribution in [0.3, 0.4) is 0 Å². The molecular weight excluding hydrogens is 332 g/mol. The number of carbonyl (C=O) groups excluding carboxylic acids is 1. The Kier molecular flexibility index (Phi) is 4.71. The van der Waals surface area contributed by atoms with Crippen LogP contribution >= 0.6 is 11.8 Å². The third-order valence-electron chi connectivity index (χ3n) is 6.37. The van der Waals surface area contributed by atoms with Gasteiger partial charge in [0.1, 0.15) is 0 Å². The van der Waals surface area contributed by atoms with E-state index in [-0.39, 0.29) is 18.1 Å². The Hall–Kier alpha value is -1.20. The van der Waals surface area contributed by atoms with Crippen molar-refractivity contribution in [1.29, 1.82) is 0 Å². The van der Waals surface area contributed by atoms with E-state index in [0.29, 0.717) is 0 Å². The molecule has 4 aliphatic carbocycles. The summed E-state index contributed by atoms with van der Waals surface area (Å²) in [7, 11) is 0. The lowest BCUT2D eigenvalue weighted by Gasteiger charge is -2.56. The molecule has 1 atom stereocenters. The van der Waals surface area contributed by atoms with Crippen LogP contribution in [0.2, 0.25) is 0 Å². The monoisotopic (exact) mass is 360 g/mol. The molecule has 0 unspecified atom stereocenters. The molecule has 3 N–H and O–H groups in total. The van der Waals surface area contributed by atoms with Crippen LogP contribution in [-0.4, -0.2) is 29.5 Å². The second-order valence-electron chi connectivity index (χ2n) is 8.32. The highest BCUT2D eigenvalue weighted by atomic mass is 32.2. The van der Waals surface area contributed by atoms with Crippen LogP contribution in [0.5, 0.6) is 0 Å². The highest BCUT2D eigenvalue weighted by molar-refractivity contribution is 7.98. The number of aliphatic hydroxyl groups is 1. The summed E-state index contributed by atoms with van der Waals surface area (Å²) in [6, 6.07) is 7.73. The number of rotatable bonds is 5. The van der Waals surface area contributed by atoms with E-state index in [2.05, 4.69) is 10.6 Å². The van der Waals surface area contributed by atoms with E-state index >= 15 is 0 Å². The zero-order valence-electron chi connectivity index (χ0n) is 14.8. The second kappa shape index (κ2) is 6.84. The van der Waals surface area contributed by atoms with Crippen LogP contribution in [-0.2, 0) is 0 Å². The average molecular weight is 361 g/mol. The zero-order chi connectivity index (χ0) is 17.4. The Morgan fingerprint density at radius 2 is 1.72 bits per heavy atom. The SMILES string of the molecule is CSc1ccc([C@@H](O)CNC(=O)NC23CC4CC(CC(C4)C2)C3)cc1. The number of urea groups is 1. The van der Waals surface area contributed by atoms with Crippen molar-refractivity contribution in [1.82, 2.24) is 10.6 Å². The van der Waals surface area contributed by atoms with Gasteiger partial charge in [-0.3, -0.25) is 0 Å². The maximum absolute atomic E-state index is 12.4. The molecule has 4 nitrogen and oxygen atoms in total. The van der Waals surface area contributed by atoms with Crippen LogP contribution < -0.4 is 10.6 Å². The van der Waals surface area contributed by atoms with E-state index in [1.165, 1.54) is 24.2 Å². The van der Waals surface area contributed by atoms with Gasteiger partial charge in [-0.2, -0.15) is 0 Å². The van der Waals surface area contributed by atoms with Crippen molar-refractivity contribution in [2.45, 2.75) is 55.1 Å². The summed E-state index contributed by atoms with van der Waals surface area (Å²) in [4.78, 5) is 13.6. The smallest absolute Gasteiger partial charge is 0.315 e. The standard InChI is InChI=1S/C20H28N2O2S/c1-25-17-4-2-16(3-5-17)18(23)12-21-19(24)22-20-9-13-6-14(10-20)8-15(7-13)11-20/h2-5,13-15,18,23H,6-12H2,1H3,(H2,21,22,24)/t13?,14?,15?,18-,20?/m0/s1. The largest absolute Gasteiger partial charge is 0.387 e. The molecule has 4 saturated carbocycles.